The lowest BCUT2D eigenvalue weighted by Gasteiger charge is -2.28. The van der Waals surface area contributed by atoms with Crippen LogP contribution in [0.5, 0.6) is 0 Å². The van der Waals surface area contributed by atoms with Gasteiger partial charge in [0.1, 0.15) is 0 Å². The highest BCUT2D eigenvalue weighted by Gasteiger charge is 1.86. The molecule has 0 aliphatic heterocycles. The summed E-state index contributed by atoms with van der Waals surface area (Å²) in [6, 6.07) is 0. The normalized spacial score (nSPS) is 11.3. The van der Waals surface area contributed by atoms with Crippen LogP contribution in [0.1, 0.15) is 0 Å². The van der Waals surface area contributed by atoms with Gasteiger partial charge in [-0.2, -0.15) is 0 Å². The summed E-state index contributed by atoms with van der Waals surface area (Å²) in [4.78, 5) is 4.10. The molecule has 0 amide bonds. The minimum absolute atomic E-state index is 0.170. The fourth-order valence-corrected chi connectivity index (χ4v) is 0.258. The van der Waals surface area contributed by atoms with Crippen molar-refractivity contribution in [3.63, 3.8) is 0 Å². The molecule has 0 aliphatic carbocycles. The summed E-state index contributed by atoms with van der Waals surface area (Å²) in [7, 11) is 1.18. The largest absolute Gasteiger partial charge is 0.762 e. The van der Waals surface area contributed by atoms with Crippen LogP contribution in [-0.2, 0) is 4.84 Å². The maximum absolute atomic E-state index is 10.1. The van der Waals surface area contributed by atoms with E-state index in [9.17, 15) is 10.4 Å². The van der Waals surface area contributed by atoms with E-state index in [1.54, 1.807) is 0 Å². The fraction of sp³-hybridized carbons (Fsp3) is 1.00. The molecule has 6 heteroatoms. The minimum atomic E-state index is -0.329. The van der Waals surface area contributed by atoms with E-state index < -0.39 is 0 Å². The van der Waals surface area contributed by atoms with Gasteiger partial charge in [-0.1, -0.05) is 0 Å². The summed E-state index contributed by atoms with van der Waals surface area (Å²) in [6.07, 6.45) is 0. The number of nitrogens with zero attached hydrogens (tertiary/aromatic N) is 2. The number of hydroxylamine groups is 4. The first-order chi connectivity index (χ1) is 4.16. The molecule has 0 atom stereocenters. The van der Waals surface area contributed by atoms with Crippen LogP contribution >= 0.6 is 0 Å². The van der Waals surface area contributed by atoms with Gasteiger partial charge in [0.15, 0.2) is 0 Å². The Balaban J connectivity index is 3.06. The van der Waals surface area contributed by atoms with Gasteiger partial charge in [0.2, 0.25) is 0 Å². The summed E-state index contributed by atoms with van der Waals surface area (Å²) in [5.41, 5.74) is 0. The van der Waals surface area contributed by atoms with Crippen molar-refractivity contribution in [1.29, 1.82) is 0 Å². The molecule has 0 saturated heterocycles. The molecule has 0 fully saturated rings. The van der Waals surface area contributed by atoms with Crippen LogP contribution in [0.4, 0.5) is 0 Å². The maximum atomic E-state index is 10.1. The van der Waals surface area contributed by atoms with Gasteiger partial charge in [-0.3, -0.25) is 10.5 Å². The molecule has 0 radical (unpaired) electrons. The van der Waals surface area contributed by atoms with E-state index in [0.29, 0.717) is 0 Å². The van der Waals surface area contributed by atoms with E-state index in [-0.39, 0.29) is 23.5 Å². The topological polar surface area (TPSA) is 82.1 Å². The van der Waals surface area contributed by atoms with Gasteiger partial charge in [-0.25, -0.2) is 0 Å². The van der Waals surface area contributed by atoms with E-state index in [0.717, 1.165) is 0 Å². The number of hydrogen-bond acceptors (Lipinski definition) is 6. The Morgan fingerprint density at radius 1 is 1.44 bits per heavy atom. The average molecular weight is 136 g/mol. The first-order valence-corrected chi connectivity index (χ1v) is 2.29. The lowest BCUT2D eigenvalue weighted by Crippen LogP contribution is -2.26. The maximum Gasteiger partial charge on any atom is 0.0563 e. The third-order valence-corrected chi connectivity index (χ3v) is 0.677. The number of hydrogen-bond donors (Lipinski definition) is 1. The summed E-state index contributed by atoms with van der Waals surface area (Å²) in [5.74, 6) is 0. The molecule has 0 saturated carbocycles. The zero-order valence-electron chi connectivity index (χ0n) is 4.98. The smallest absolute Gasteiger partial charge is 0.0563 e. The second-order valence-electron chi connectivity index (χ2n) is 1.31. The van der Waals surface area contributed by atoms with Crippen LogP contribution < -0.4 is 0 Å². The van der Waals surface area contributed by atoms with Gasteiger partial charge in [-0.15, -0.1) is 0 Å². The van der Waals surface area contributed by atoms with Crippen molar-refractivity contribution >= 4 is 0 Å². The lowest BCUT2D eigenvalue weighted by atomic mass is 10.7. The van der Waals surface area contributed by atoms with E-state index in [2.05, 4.69) is 4.84 Å². The molecule has 0 unspecified atom stereocenters. The quantitative estimate of drug-likeness (QED) is 0.526. The Hall–Kier alpha value is -0.240. The van der Waals surface area contributed by atoms with Crippen LogP contribution in [0.2, 0.25) is 0 Å². The minimum Gasteiger partial charge on any atom is -0.762 e. The standard InChI is InChI=1S/C3H8N2O4/c1-9-5(8)3-2-4(6)7/h6H,2-3H2,1H3/q-2. The highest BCUT2D eigenvalue weighted by atomic mass is 16.9. The first kappa shape index (κ1) is 8.76. The summed E-state index contributed by atoms with van der Waals surface area (Å²) in [5, 5.41) is 27.7. The fourth-order valence-electron chi connectivity index (χ4n) is 0.258. The Morgan fingerprint density at radius 2 is 2.00 bits per heavy atom. The second-order valence-corrected chi connectivity index (χ2v) is 1.31. The molecule has 1 N–H and O–H groups in total. The molecule has 0 aromatic heterocycles. The molecular weight excluding hydrogens is 128 g/mol. The number of rotatable bonds is 4. The second kappa shape index (κ2) is 4.62. The van der Waals surface area contributed by atoms with Crippen molar-refractivity contribution in [2.24, 2.45) is 0 Å². The first-order valence-electron chi connectivity index (χ1n) is 2.29. The van der Waals surface area contributed by atoms with Gasteiger partial charge >= 0.3 is 0 Å². The van der Waals surface area contributed by atoms with Crippen LogP contribution in [-0.4, -0.2) is 35.9 Å². The van der Waals surface area contributed by atoms with Crippen molar-refractivity contribution in [2.45, 2.75) is 0 Å². The highest BCUT2D eigenvalue weighted by Crippen LogP contribution is 1.83. The molecule has 0 spiro atoms. The van der Waals surface area contributed by atoms with Gasteiger partial charge in [0.05, 0.1) is 7.11 Å². The van der Waals surface area contributed by atoms with E-state index in [1.807, 2.05) is 0 Å². The van der Waals surface area contributed by atoms with Gasteiger partial charge in [-0.05, 0) is 0 Å². The van der Waals surface area contributed by atoms with Crippen molar-refractivity contribution in [1.82, 2.24) is 10.5 Å². The Labute approximate surface area is 52.3 Å². The summed E-state index contributed by atoms with van der Waals surface area (Å²) >= 11 is 0. The van der Waals surface area contributed by atoms with E-state index >= 15 is 0 Å². The van der Waals surface area contributed by atoms with Gasteiger partial charge < -0.3 is 20.5 Å². The van der Waals surface area contributed by atoms with E-state index in [1.165, 1.54) is 7.11 Å². The summed E-state index contributed by atoms with van der Waals surface area (Å²) < 4.78 is 0. The van der Waals surface area contributed by atoms with Crippen molar-refractivity contribution in [2.75, 3.05) is 20.2 Å². The van der Waals surface area contributed by atoms with Crippen LogP contribution in [0, 0.1) is 10.4 Å². The average Bonchev–Trinajstić information content (AvgIpc) is 1.83. The molecule has 0 bridgehead atoms. The van der Waals surface area contributed by atoms with Gasteiger partial charge in [0, 0.05) is 13.1 Å². The van der Waals surface area contributed by atoms with Crippen LogP contribution in [0.15, 0.2) is 0 Å². The lowest BCUT2D eigenvalue weighted by molar-refractivity contribution is -0.114. The molecule has 0 heterocycles. The predicted molar refractivity (Wildman–Crippen MR) is 28.9 cm³/mol. The molecule has 56 valence electrons. The molecule has 0 aliphatic rings. The van der Waals surface area contributed by atoms with Crippen molar-refractivity contribution < 1.29 is 10.0 Å². The summed E-state index contributed by atoms with van der Waals surface area (Å²) in [6.45, 7) is -0.451. The zero-order chi connectivity index (χ0) is 7.28. The Kier molecular flexibility index (Phi) is 4.50. The zero-order valence-corrected chi connectivity index (χ0v) is 4.98. The monoisotopic (exact) mass is 136 g/mol. The molecule has 0 aromatic rings. The third-order valence-electron chi connectivity index (χ3n) is 0.677. The Morgan fingerprint density at radius 3 is 2.33 bits per heavy atom. The van der Waals surface area contributed by atoms with Crippen molar-refractivity contribution in [3.8, 4) is 0 Å². The molecule has 0 rings (SSSR count). The van der Waals surface area contributed by atoms with Crippen molar-refractivity contribution in [3.05, 3.63) is 10.4 Å². The van der Waals surface area contributed by atoms with Crippen LogP contribution in [0.3, 0.4) is 0 Å². The molecular formula is C3H8N2O4-2. The molecule has 0 aromatic carbocycles. The van der Waals surface area contributed by atoms with E-state index in [4.69, 9.17) is 5.21 Å². The van der Waals surface area contributed by atoms with Crippen LogP contribution in [0.25, 0.3) is 0 Å². The van der Waals surface area contributed by atoms with Gasteiger partial charge in [0.25, 0.3) is 0 Å². The molecule has 6 nitrogen and oxygen atoms in total. The Bertz CT molecular complexity index is 68.8. The predicted octanol–water partition coefficient (Wildman–Crippen LogP) is -0.463. The highest BCUT2D eigenvalue weighted by molar-refractivity contribution is 4.47. The molecule has 9 heavy (non-hydrogen) atoms. The third kappa shape index (κ3) is 5.63. The SMILES string of the molecule is CON([O-])CCN([O-])O.